The lowest BCUT2D eigenvalue weighted by Gasteiger charge is -2.05. The number of hydrogen-bond donors (Lipinski definition) is 0. The normalized spacial score (nSPS) is 12.4. The number of hydrogen-bond acceptors (Lipinski definition) is 1. The van der Waals surface area contributed by atoms with Crippen LogP contribution < -0.4 is 0 Å². The van der Waals surface area contributed by atoms with E-state index in [9.17, 15) is 0 Å². The number of allylic oxidation sites excluding steroid dienone is 5. The van der Waals surface area contributed by atoms with Gasteiger partial charge in [-0.3, -0.25) is 0 Å². The van der Waals surface area contributed by atoms with Gasteiger partial charge < -0.3 is 4.57 Å². The van der Waals surface area contributed by atoms with Gasteiger partial charge in [-0.2, -0.15) is 0 Å². The predicted octanol–water partition coefficient (Wildman–Crippen LogP) is 3.49. The summed E-state index contributed by atoms with van der Waals surface area (Å²) in [4.78, 5) is 4.28. The molecule has 15 heavy (non-hydrogen) atoms. The molecule has 2 heteroatoms. The largest absolute Gasteiger partial charge is 0.304 e. The standard InChI is InChI=1S/C13H18N2/c1-6-13(8-7-10(2)3)15-9-14-11(4)12(15)5/h6-9H,2H2,1,3-5H3/b8-7-,13-6+. The molecule has 0 aliphatic carbocycles. The van der Waals surface area contributed by atoms with Gasteiger partial charge in [0.1, 0.15) is 0 Å². The Hall–Kier alpha value is -1.57. The highest BCUT2D eigenvalue weighted by Crippen LogP contribution is 2.13. The van der Waals surface area contributed by atoms with Gasteiger partial charge in [0.25, 0.3) is 0 Å². The van der Waals surface area contributed by atoms with Gasteiger partial charge in [0.2, 0.25) is 0 Å². The second-order valence-electron chi connectivity index (χ2n) is 3.68. The van der Waals surface area contributed by atoms with Crippen LogP contribution in [0.4, 0.5) is 0 Å². The third kappa shape index (κ3) is 2.69. The van der Waals surface area contributed by atoms with Gasteiger partial charge in [-0.05, 0) is 33.8 Å². The van der Waals surface area contributed by atoms with E-state index in [0.29, 0.717) is 0 Å². The molecular formula is C13H18N2. The van der Waals surface area contributed by atoms with E-state index in [-0.39, 0.29) is 0 Å². The number of rotatable bonds is 3. The van der Waals surface area contributed by atoms with Gasteiger partial charge in [-0.25, -0.2) is 4.98 Å². The molecule has 0 unspecified atom stereocenters. The van der Waals surface area contributed by atoms with Crippen molar-refractivity contribution in [2.24, 2.45) is 0 Å². The summed E-state index contributed by atoms with van der Waals surface area (Å²) in [6, 6.07) is 0. The van der Waals surface area contributed by atoms with Crippen LogP contribution in [0.2, 0.25) is 0 Å². The van der Waals surface area contributed by atoms with Gasteiger partial charge in [-0.1, -0.05) is 24.3 Å². The molecule has 0 aliphatic rings. The van der Waals surface area contributed by atoms with Crippen molar-refractivity contribution in [2.75, 3.05) is 0 Å². The summed E-state index contributed by atoms with van der Waals surface area (Å²) in [6.45, 7) is 11.9. The highest BCUT2D eigenvalue weighted by atomic mass is 15.1. The predicted molar refractivity (Wildman–Crippen MR) is 65.6 cm³/mol. The lowest BCUT2D eigenvalue weighted by atomic mass is 10.2. The summed E-state index contributed by atoms with van der Waals surface area (Å²) in [6.07, 6.45) is 7.97. The maximum Gasteiger partial charge on any atom is 0.0997 e. The van der Waals surface area contributed by atoms with Crippen LogP contribution in [0.25, 0.3) is 5.70 Å². The summed E-state index contributed by atoms with van der Waals surface area (Å²) in [7, 11) is 0. The van der Waals surface area contributed by atoms with E-state index < -0.39 is 0 Å². The summed E-state index contributed by atoms with van der Waals surface area (Å²) < 4.78 is 2.08. The molecule has 1 aromatic rings. The second-order valence-corrected chi connectivity index (χ2v) is 3.68. The molecule has 2 nitrogen and oxygen atoms in total. The van der Waals surface area contributed by atoms with Crippen LogP contribution in [-0.2, 0) is 0 Å². The van der Waals surface area contributed by atoms with Crippen molar-refractivity contribution in [2.45, 2.75) is 27.7 Å². The highest BCUT2D eigenvalue weighted by Gasteiger charge is 2.03. The maximum absolute atomic E-state index is 4.28. The average Bonchev–Trinajstić information content (AvgIpc) is 2.50. The molecule has 1 aromatic heterocycles. The molecule has 0 radical (unpaired) electrons. The highest BCUT2D eigenvalue weighted by molar-refractivity contribution is 5.58. The van der Waals surface area contributed by atoms with Gasteiger partial charge in [0.05, 0.1) is 12.0 Å². The smallest absolute Gasteiger partial charge is 0.0997 e. The van der Waals surface area contributed by atoms with Crippen LogP contribution >= 0.6 is 0 Å². The van der Waals surface area contributed by atoms with Crippen molar-refractivity contribution >= 4 is 5.70 Å². The first-order chi connectivity index (χ1) is 7.06. The van der Waals surface area contributed by atoms with Crippen LogP contribution in [0.5, 0.6) is 0 Å². The van der Waals surface area contributed by atoms with E-state index >= 15 is 0 Å². The maximum atomic E-state index is 4.28. The molecule has 0 atom stereocenters. The lowest BCUT2D eigenvalue weighted by Crippen LogP contribution is -1.95. The average molecular weight is 202 g/mol. The quantitative estimate of drug-likeness (QED) is 0.686. The first-order valence-electron chi connectivity index (χ1n) is 5.07. The van der Waals surface area contributed by atoms with Crippen molar-refractivity contribution in [3.05, 3.63) is 48.1 Å². The minimum Gasteiger partial charge on any atom is -0.304 e. The Bertz CT molecular complexity index is 420. The van der Waals surface area contributed by atoms with Crippen LogP contribution in [0.1, 0.15) is 25.2 Å². The van der Waals surface area contributed by atoms with Crippen LogP contribution in [0.3, 0.4) is 0 Å². The zero-order valence-corrected chi connectivity index (χ0v) is 9.91. The van der Waals surface area contributed by atoms with Crippen molar-refractivity contribution in [3.63, 3.8) is 0 Å². The molecule has 0 saturated heterocycles. The fourth-order valence-corrected chi connectivity index (χ4v) is 1.30. The fraction of sp³-hybridized carbons (Fsp3) is 0.308. The van der Waals surface area contributed by atoms with E-state index in [0.717, 1.165) is 17.0 Å². The second kappa shape index (κ2) is 4.78. The van der Waals surface area contributed by atoms with Crippen LogP contribution in [0.15, 0.2) is 36.7 Å². The molecule has 1 heterocycles. The molecule has 0 aliphatic heterocycles. The minimum atomic E-state index is 1.05. The summed E-state index contributed by atoms with van der Waals surface area (Å²) >= 11 is 0. The van der Waals surface area contributed by atoms with E-state index in [4.69, 9.17) is 0 Å². The van der Waals surface area contributed by atoms with Crippen molar-refractivity contribution in [1.29, 1.82) is 0 Å². The van der Waals surface area contributed by atoms with Gasteiger partial charge in [0.15, 0.2) is 0 Å². The molecule has 0 bridgehead atoms. The number of imidazole rings is 1. The van der Waals surface area contributed by atoms with E-state index in [1.54, 1.807) is 0 Å². The molecule has 0 aromatic carbocycles. The molecule has 0 spiro atoms. The van der Waals surface area contributed by atoms with Crippen LogP contribution in [-0.4, -0.2) is 9.55 Å². The summed E-state index contributed by atoms with van der Waals surface area (Å²) in [5, 5.41) is 0. The zero-order chi connectivity index (χ0) is 11.4. The SMILES string of the molecule is C=C(C)/C=C\C(=C/C)n1cnc(C)c1C. The number of aromatic nitrogens is 2. The Balaban J connectivity index is 3.05. The van der Waals surface area contributed by atoms with Gasteiger partial charge in [0, 0.05) is 11.4 Å². The number of aryl methyl sites for hydroxylation is 1. The zero-order valence-electron chi connectivity index (χ0n) is 9.91. The lowest BCUT2D eigenvalue weighted by molar-refractivity contribution is 1.03. The van der Waals surface area contributed by atoms with E-state index in [2.05, 4.69) is 35.2 Å². The molecule has 0 fully saturated rings. The summed E-state index contributed by atoms with van der Waals surface area (Å²) in [5.41, 5.74) is 4.41. The van der Waals surface area contributed by atoms with Crippen molar-refractivity contribution in [3.8, 4) is 0 Å². The first-order valence-corrected chi connectivity index (χ1v) is 5.07. The molecule has 0 amide bonds. The molecule has 0 N–H and O–H groups in total. The van der Waals surface area contributed by atoms with Crippen LogP contribution in [0, 0.1) is 13.8 Å². The van der Waals surface area contributed by atoms with Gasteiger partial charge in [-0.15, -0.1) is 0 Å². The Morgan fingerprint density at radius 2 is 2.07 bits per heavy atom. The third-order valence-corrected chi connectivity index (χ3v) is 2.36. The Kier molecular flexibility index (Phi) is 3.67. The Labute approximate surface area is 91.7 Å². The van der Waals surface area contributed by atoms with E-state index in [1.165, 1.54) is 5.69 Å². The third-order valence-electron chi connectivity index (χ3n) is 2.36. The van der Waals surface area contributed by atoms with Gasteiger partial charge >= 0.3 is 0 Å². The Morgan fingerprint density at radius 1 is 1.40 bits per heavy atom. The molecular weight excluding hydrogens is 184 g/mol. The van der Waals surface area contributed by atoms with E-state index in [1.807, 2.05) is 33.2 Å². The van der Waals surface area contributed by atoms with Crippen molar-refractivity contribution < 1.29 is 0 Å². The van der Waals surface area contributed by atoms with Crippen molar-refractivity contribution in [1.82, 2.24) is 9.55 Å². The molecule has 1 rings (SSSR count). The monoisotopic (exact) mass is 202 g/mol. The summed E-state index contributed by atoms with van der Waals surface area (Å²) in [5.74, 6) is 0. The topological polar surface area (TPSA) is 17.8 Å². The molecule has 0 saturated carbocycles. The first kappa shape index (κ1) is 11.5. The fourth-order valence-electron chi connectivity index (χ4n) is 1.30. The Morgan fingerprint density at radius 3 is 2.47 bits per heavy atom. The minimum absolute atomic E-state index is 1.05. The number of nitrogens with zero attached hydrogens (tertiary/aromatic N) is 2. The molecule has 80 valence electrons.